The molecule has 1 aromatic heterocycles. The zero-order chi connectivity index (χ0) is 23.5. The van der Waals surface area contributed by atoms with E-state index in [1.165, 1.54) is 18.6 Å². The number of benzene rings is 1. The Morgan fingerprint density at radius 2 is 1.85 bits per heavy atom. The molecule has 5 rings (SSSR count). The molecule has 1 aliphatic carbocycles. The molecule has 1 saturated carbocycles. The molecule has 3 aliphatic rings. The average molecular weight is 470 g/mol. The minimum Gasteiger partial charge on any atom is -0.420 e. The molecule has 9 heteroatoms. The molecule has 3 atom stereocenters. The third-order valence-corrected chi connectivity index (χ3v) is 7.45. The number of hydrogen-bond acceptors (Lipinski definition) is 6. The van der Waals surface area contributed by atoms with Gasteiger partial charge in [0.05, 0.1) is 12.1 Å². The number of carbonyl (C=O) groups is 2. The van der Waals surface area contributed by atoms with Crippen LogP contribution in [0.4, 0.5) is 4.39 Å². The summed E-state index contributed by atoms with van der Waals surface area (Å²) in [6.07, 6.45) is 7.88. The summed E-state index contributed by atoms with van der Waals surface area (Å²) in [6, 6.07) is 6.27. The maximum absolute atomic E-state index is 13.1. The molecule has 3 fully saturated rings. The second-order valence-corrected chi connectivity index (χ2v) is 9.72. The van der Waals surface area contributed by atoms with Crippen molar-refractivity contribution < 1.29 is 18.4 Å². The number of carbonyl (C=O) groups excluding carboxylic acids is 2. The number of nitrogens with zero attached hydrogens (tertiary/aromatic N) is 3. The highest BCUT2D eigenvalue weighted by Gasteiger charge is 2.37. The van der Waals surface area contributed by atoms with Crippen LogP contribution < -0.4 is 10.6 Å². The van der Waals surface area contributed by atoms with Crippen molar-refractivity contribution in [3.63, 3.8) is 0 Å². The Labute approximate surface area is 198 Å². The highest BCUT2D eigenvalue weighted by Crippen LogP contribution is 2.30. The number of hydrogen-bond donors (Lipinski definition) is 2. The molecule has 2 aliphatic heterocycles. The fraction of sp³-hybridized carbons (Fsp3) is 0.600. The van der Waals surface area contributed by atoms with Crippen molar-refractivity contribution in [2.75, 3.05) is 13.1 Å². The third kappa shape index (κ3) is 5.14. The van der Waals surface area contributed by atoms with Crippen LogP contribution in [0.5, 0.6) is 0 Å². The highest BCUT2D eigenvalue weighted by atomic mass is 19.1. The Hall–Kier alpha value is -2.81. The van der Waals surface area contributed by atoms with Crippen molar-refractivity contribution in [2.24, 2.45) is 5.92 Å². The lowest BCUT2D eigenvalue weighted by Crippen LogP contribution is -2.62. The smallest absolute Gasteiger partial charge is 0.247 e. The lowest BCUT2D eigenvalue weighted by Gasteiger charge is -2.40. The molecule has 8 nitrogen and oxygen atoms in total. The normalized spacial score (nSPS) is 25.6. The predicted molar refractivity (Wildman–Crippen MR) is 123 cm³/mol. The molecule has 3 heterocycles. The van der Waals surface area contributed by atoms with Crippen molar-refractivity contribution in [1.82, 2.24) is 25.7 Å². The van der Waals surface area contributed by atoms with E-state index in [1.807, 2.05) is 4.90 Å². The van der Waals surface area contributed by atoms with Crippen molar-refractivity contribution >= 4 is 11.8 Å². The Morgan fingerprint density at radius 3 is 2.65 bits per heavy atom. The minimum atomic E-state index is -0.307. The van der Waals surface area contributed by atoms with Crippen LogP contribution in [0.3, 0.4) is 0 Å². The second kappa shape index (κ2) is 10.2. The summed E-state index contributed by atoms with van der Waals surface area (Å²) in [5.41, 5.74) is 0.690. The van der Waals surface area contributed by atoms with E-state index < -0.39 is 0 Å². The van der Waals surface area contributed by atoms with Gasteiger partial charge < -0.3 is 14.6 Å². The average Bonchev–Trinajstić information content (AvgIpc) is 3.35. The summed E-state index contributed by atoms with van der Waals surface area (Å²) >= 11 is 0. The highest BCUT2D eigenvalue weighted by molar-refractivity contribution is 5.80. The molecule has 34 heavy (non-hydrogen) atoms. The van der Waals surface area contributed by atoms with Crippen LogP contribution >= 0.6 is 0 Å². The van der Waals surface area contributed by atoms with E-state index in [0.717, 1.165) is 44.9 Å². The number of aromatic nitrogens is 2. The number of fused-ring (bicyclic) bond motifs is 1. The van der Waals surface area contributed by atoms with Crippen LogP contribution in [-0.4, -0.2) is 52.2 Å². The van der Waals surface area contributed by atoms with Crippen molar-refractivity contribution in [3.05, 3.63) is 36.0 Å². The Kier molecular flexibility index (Phi) is 6.89. The first kappa shape index (κ1) is 23.0. The van der Waals surface area contributed by atoms with Crippen molar-refractivity contribution in [2.45, 2.75) is 75.9 Å². The maximum Gasteiger partial charge on any atom is 0.247 e. The molecule has 0 radical (unpaired) electrons. The number of amides is 2. The zero-order valence-corrected chi connectivity index (χ0v) is 19.3. The molecule has 1 aromatic carbocycles. The largest absolute Gasteiger partial charge is 0.420 e. The molecule has 2 aromatic rings. The number of likely N-dealkylation sites (tertiary alicyclic amines) is 1. The fourth-order valence-electron chi connectivity index (χ4n) is 5.48. The molecule has 182 valence electrons. The maximum atomic E-state index is 13.1. The SMILES string of the molecule is O=C1NC(CCCC(=O)N2CCC(c3nnc(-c4ccc(F)cc4)o3)CC2)NC2CCCCC12. The Bertz CT molecular complexity index is 1000. The van der Waals surface area contributed by atoms with Gasteiger partial charge in [-0.3, -0.25) is 14.9 Å². The zero-order valence-electron chi connectivity index (χ0n) is 19.3. The third-order valence-electron chi connectivity index (χ3n) is 7.45. The quantitative estimate of drug-likeness (QED) is 0.673. The fourth-order valence-corrected chi connectivity index (χ4v) is 5.48. The van der Waals surface area contributed by atoms with Gasteiger partial charge in [-0.1, -0.05) is 12.8 Å². The van der Waals surface area contributed by atoms with Gasteiger partial charge in [0, 0.05) is 37.0 Å². The summed E-state index contributed by atoms with van der Waals surface area (Å²) in [5.74, 6) is 1.22. The molecule has 2 N–H and O–H groups in total. The second-order valence-electron chi connectivity index (χ2n) is 9.72. The van der Waals surface area contributed by atoms with E-state index in [4.69, 9.17) is 4.42 Å². The van der Waals surface area contributed by atoms with Gasteiger partial charge in [0.2, 0.25) is 23.6 Å². The topological polar surface area (TPSA) is 100 Å². The molecular formula is C25H32FN5O3. The summed E-state index contributed by atoms with van der Waals surface area (Å²) in [4.78, 5) is 27.0. The number of piperidine rings is 1. The number of halogens is 1. The predicted octanol–water partition coefficient (Wildman–Crippen LogP) is 3.36. The van der Waals surface area contributed by atoms with Gasteiger partial charge in [0.15, 0.2) is 0 Å². The van der Waals surface area contributed by atoms with Crippen LogP contribution in [0, 0.1) is 11.7 Å². The first-order valence-corrected chi connectivity index (χ1v) is 12.5. The van der Waals surface area contributed by atoms with Gasteiger partial charge >= 0.3 is 0 Å². The molecule has 2 amide bonds. The van der Waals surface area contributed by atoms with Crippen LogP contribution in [-0.2, 0) is 9.59 Å². The number of nitrogens with one attached hydrogen (secondary N) is 2. The van der Waals surface area contributed by atoms with E-state index in [9.17, 15) is 14.0 Å². The van der Waals surface area contributed by atoms with E-state index >= 15 is 0 Å². The van der Waals surface area contributed by atoms with Gasteiger partial charge in [-0.25, -0.2) is 4.39 Å². The molecule has 0 bridgehead atoms. The Balaban J connectivity index is 1.05. The van der Waals surface area contributed by atoms with Crippen molar-refractivity contribution in [1.29, 1.82) is 0 Å². The van der Waals surface area contributed by atoms with E-state index in [0.29, 0.717) is 36.9 Å². The molecule has 3 unspecified atom stereocenters. The lowest BCUT2D eigenvalue weighted by molar-refractivity contribution is -0.132. The Morgan fingerprint density at radius 1 is 1.09 bits per heavy atom. The lowest BCUT2D eigenvalue weighted by atomic mass is 9.82. The summed E-state index contributed by atoms with van der Waals surface area (Å²) in [5, 5.41) is 15.0. The summed E-state index contributed by atoms with van der Waals surface area (Å²) < 4.78 is 19.0. The van der Waals surface area contributed by atoms with E-state index in [1.54, 1.807) is 12.1 Å². The first-order valence-electron chi connectivity index (χ1n) is 12.5. The molecule has 2 saturated heterocycles. The minimum absolute atomic E-state index is 0.0294. The summed E-state index contributed by atoms with van der Waals surface area (Å²) in [7, 11) is 0. The van der Waals surface area contributed by atoms with Gasteiger partial charge in [-0.05, 0) is 62.8 Å². The summed E-state index contributed by atoms with van der Waals surface area (Å²) in [6.45, 7) is 1.33. The first-order chi connectivity index (χ1) is 16.6. The van der Waals surface area contributed by atoms with Crippen LogP contribution in [0.25, 0.3) is 11.5 Å². The van der Waals surface area contributed by atoms with Gasteiger partial charge in [-0.2, -0.15) is 0 Å². The van der Waals surface area contributed by atoms with E-state index in [-0.39, 0.29) is 41.7 Å². The monoisotopic (exact) mass is 469 g/mol. The molecular weight excluding hydrogens is 437 g/mol. The standard InChI is InChI=1S/C25H32FN5O3/c26-18-10-8-16(9-11-18)24-29-30-25(34-24)17-12-14-31(15-13-17)22(32)7-3-6-21-27-20-5-2-1-4-19(20)23(33)28-21/h8-11,17,19-21,27H,1-7,12-15H2,(H,28,33). The molecule has 0 spiro atoms. The number of rotatable bonds is 6. The van der Waals surface area contributed by atoms with Gasteiger partial charge in [0.1, 0.15) is 5.82 Å². The van der Waals surface area contributed by atoms with Gasteiger partial charge in [0.25, 0.3) is 0 Å². The van der Waals surface area contributed by atoms with Crippen LogP contribution in [0.1, 0.15) is 69.6 Å². The van der Waals surface area contributed by atoms with E-state index in [2.05, 4.69) is 20.8 Å². The van der Waals surface area contributed by atoms with Crippen LogP contribution in [0.15, 0.2) is 28.7 Å². The van der Waals surface area contributed by atoms with Crippen molar-refractivity contribution in [3.8, 4) is 11.5 Å². The van der Waals surface area contributed by atoms with Gasteiger partial charge in [-0.15, -0.1) is 10.2 Å². The van der Waals surface area contributed by atoms with Crippen LogP contribution in [0.2, 0.25) is 0 Å².